The Bertz CT molecular complexity index is 637. The van der Waals surface area contributed by atoms with Gasteiger partial charge in [-0.3, -0.25) is 0 Å². The van der Waals surface area contributed by atoms with Crippen LogP contribution in [0.4, 0.5) is 0 Å². The van der Waals surface area contributed by atoms with Crippen LogP contribution in [0.1, 0.15) is 43.2 Å². The van der Waals surface area contributed by atoms with Crippen molar-refractivity contribution in [1.82, 2.24) is 0 Å². The molecule has 25 heavy (non-hydrogen) atoms. The van der Waals surface area contributed by atoms with Gasteiger partial charge in [0.15, 0.2) is 5.79 Å². The van der Waals surface area contributed by atoms with E-state index in [2.05, 4.69) is 48.5 Å². The van der Waals surface area contributed by atoms with Gasteiger partial charge in [-0.15, -0.1) is 0 Å². The van der Waals surface area contributed by atoms with Crippen LogP contribution in [0.2, 0.25) is 0 Å². The highest BCUT2D eigenvalue weighted by Crippen LogP contribution is 2.46. The Morgan fingerprint density at radius 3 is 1.96 bits per heavy atom. The van der Waals surface area contributed by atoms with Gasteiger partial charge in [-0.25, -0.2) is 0 Å². The average molecular weight is 338 g/mol. The summed E-state index contributed by atoms with van der Waals surface area (Å²) < 4.78 is 19.1. The monoisotopic (exact) mass is 338 g/mol. The lowest BCUT2D eigenvalue weighted by Gasteiger charge is -2.39. The molecule has 1 heterocycles. The summed E-state index contributed by atoms with van der Waals surface area (Å²) in [5, 5.41) is 0. The first-order valence-electron chi connectivity index (χ1n) is 9.27. The molecule has 132 valence electrons. The van der Waals surface area contributed by atoms with Crippen LogP contribution >= 0.6 is 0 Å². The van der Waals surface area contributed by atoms with Crippen LogP contribution in [-0.4, -0.2) is 25.6 Å². The maximum atomic E-state index is 6.61. The van der Waals surface area contributed by atoms with Gasteiger partial charge in [0.2, 0.25) is 0 Å². The number of methoxy groups -OCH3 is 1. The third kappa shape index (κ3) is 2.91. The van der Waals surface area contributed by atoms with Crippen LogP contribution in [0.25, 0.3) is 0 Å². The van der Waals surface area contributed by atoms with Crippen molar-refractivity contribution in [3.63, 3.8) is 0 Å². The van der Waals surface area contributed by atoms with E-state index in [0.29, 0.717) is 6.61 Å². The summed E-state index contributed by atoms with van der Waals surface area (Å²) in [6, 6.07) is 20.7. The standard InChI is InChI=1S/C22H26O3/c1-23-22(18-11-5-2-6-12-18,19-13-7-3-8-14-19)20-17-24-21(25-20)15-9-4-10-16-21/h2-3,5-8,11-14,20H,4,9-10,15-17H2,1H3/t20-/m1/s1. The van der Waals surface area contributed by atoms with Crippen molar-refractivity contribution in [3.8, 4) is 0 Å². The Balaban J connectivity index is 1.76. The Morgan fingerprint density at radius 2 is 1.44 bits per heavy atom. The molecule has 2 fully saturated rings. The van der Waals surface area contributed by atoms with Gasteiger partial charge in [-0.1, -0.05) is 67.1 Å². The minimum atomic E-state index is -0.663. The molecule has 1 saturated heterocycles. The normalized spacial score (nSPS) is 23.0. The topological polar surface area (TPSA) is 27.7 Å². The first-order valence-corrected chi connectivity index (χ1v) is 9.27. The lowest BCUT2D eigenvalue weighted by Crippen LogP contribution is -2.45. The molecule has 1 saturated carbocycles. The predicted molar refractivity (Wildman–Crippen MR) is 97.3 cm³/mol. The molecular formula is C22H26O3. The van der Waals surface area contributed by atoms with Crippen LogP contribution in [0.5, 0.6) is 0 Å². The number of hydrogen-bond donors (Lipinski definition) is 0. The largest absolute Gasteiger partial charge is 0.366 e. The molecule has 3 heteroatoms. The van der Waals surface area contributed by atoms with Crippen LogP contribution in [0, 0.1) is 0 Å². The lowest BCUT2D eigenvalue weighted by atomic mass is 9.81. The molecular weight excluding hydrogens is 312 g/mol. The van der Waals surface area contributed by atoms with E-state index in [-0.39, 0.29) is 6.10 Å². The molecule has 1 atom stereocenters. The van der Waals surface area contributed by atoms with E-state index in [1.807, 2.05) is 12.1 Å². The summed E-state index contributed by atoms with van der Waals surface area (Å²) in [7, 11) is 1.77. The highest BCUT2D eigenvalue weighted by Gasteiger charge is 2.52. The molecule has 2 aromatic rings. The van der Waals surface area contributed by atoms with Crippen LogP contribution < -0.4 is 0 Å². The summed E-state index contributed by atoms with van der Waals surface area (Å²) in [5.41, 5.74) is 1.54. The summed E-state index contributed by atoms with van der Waals surface area (Å²) in [4.78, 5) is 0. The van der Waals surface area contributed by atoms with Gasteiger partial charge in [0.25, 0.3) is 0 Å². The van der Waals surface area contributed by atoms with Crippen molar-refractivity contribution in [3.05, 3.63) is 71.8 Å². The fourth-order valence-corrected chi connectivity index (χ4v) is 4.38. The van der Waals surface area contributed by atoms with Crippen molar-refractivity contribution >= 4 is 0 Å². The quantitative estimate of drug-likeness (QED) is 0.812. The highest BCUT2D eigenvalue weighted by atomic mass is 16.8. The summed E-state index contributed by atoms with van der Waals surface area (Å²) in [5.74, 6) is -0.420. The van der Waals surface area contributed by atoms with E-state index in [1.54, 1.807) is 7.11 Å². The molecule has 2 aliphatic rings. The van der Waals surface area contributed by atoms with E-state index < -0.39 is 11.4 Å². The second-order valence-electron chi connectivity index (χ2n) is 7.06. The smallest absolute Gasteiger partial charge is 0.169 e. The fourth-order valence-electron chi connectivity index (χ4n) is 4.38. The van der Waals surface area contributed by atoms with Gasteiger partial charge >= 0.3 is 0 Å². The molecule has 4 rings (SSSR count). The molecule has 0 radical (unpaired) electrons. The van der Waals surface area contributed by atoms with Gasteiger partial charge in [0.05, 0.1) is 6.61 Å². The van der Waals surface area contributed by atoms with Gasteiger partial charge in [-0.05, 0) is 24.0 Å². The minimum Gasteiger partial charge on any atom is -0.366 e. The number of rotatable bonds is 4. The zero-order chi connectivity index (χ0) is 17.2. The summed E-state index contributed by atoms with van der Waals surface area (Å²) in [6.45, 7) is 0.553. The third-order valence-electron chi connectivity index (χ3n) is 5.65. The molecule has 1 spiro atoms. The molecule has 0 N–H and O–H groups in total. The van der Waals surface area contributed by atoms with E-state index in [0.717, 1.165) is 24.0 Å². The van der Waals surface area contributed by atoms with Crippen molar-refractivity contribution < 1.29 is 14.2 Å². The fraction of sp³-hybridized carbons (Fsp3) is 0.455. The Hall–Kier alpha value is -1.68. The molecule has 0 amide bonds. The second kappa shape index (κ2) is 6.91. The SMILES string of the molecule is COC(c1ccccc1)(c1ccccc1)[C@H]1COC2(CCCCC2)O1. The number of benzene rings is 2. The van der Waals surface area contributed by atoms with E-state index in [1.165, 1.54) is 19.3 Å². The van der Waals surface area contributed by atoms with Gasteiger partial charge in [0, 0.05) is 20.0 Å². The average Bonchev–Trinajstić information content (AvgIpc) is 3.09. The van der Waals surface area contributed by atoms with Crippen LogP contribution in [0.15, 0.2) is 60.7 Å². The zero-order valence-electron chi connectivity index (χ0n) is 14.8. The van der Waals surface area contributed by atoms with Gasteiger partial charge in [-0.2, -0.15) is 0 Å². The molecule has 1 aliphatic heterocycles. The van der Waals surface area contributed by atoms with E-state index in [9.17, 15) is 0 Å². The number of hydrogen-bond acceptors (Lipinski definition) is 3. The molecule has 0 bridgehead atoms. The highest BCUT2D eigenvalue weighted by molar-refractivity contribution is 5.38. The van der Waals surface area contributed by atoms with Gasteiger partial charge in [0.1, 0.15) is 11.7 Å². The molecule has 3 nitrogen and oxygen atoms in total. The maximum absolute atomic E-state index is 6.61. The second-order valence-corrected chi connectivity index (χ2v) is 7.06. The Morgan fingerprint density at radius 1 is 0.880 bits per heavy atom. The summed E-state index contributed by atoms with van der Waals surface area (Å²) >= 11 is 0. The summed E-state index contributed by atoms with van der Waals surface area (Å²) in [6.07, 6.45) is 5.40. The van der Waals surface area contributed by atoms with Crippen LogP contribution in [-0.2, 0) is 19.8 Å². The third-order valence-corrected chi connectivity index (χ3v) is 5.65. The first-order chi connectivity index (χ1) is 12.3. The molecule has 0 aromatic heterocycles. The van der Waals surface area contributed by atoms with Crippen molar-refractivity contribution in [2.75, 3.05) is 13.7 Å². The molecule has 2 aromatic carbocycles. The maximum Gasteiger partial charge on any atom is 0.169 e. The molecule has 0 unspecified atom stereocenters. The lowest BCUT2D eigenvalue weighted by molar-refractivity contribution is -0.207. The van der Waals surface area contributed by atoms with Crippen LogP contribution in [0.3, 0.4) is 0 Å². The predicted octanol–water partition coefficient (Wildman–Crippen LogP) is 4.65. The first kappa shape index (κ1) is 16.8. The Kier molecular flexibility index (Phi) is 4.63. The van der Waals surface area contributed by atoms with E-state index >= 15 is 0 Å². The van der Waals surface area contributed by atoms with E-state index in [4.69, 9.17) is 14.2 Å². The zero-order valence-corrected chi connectivity index (χ0v) is 14.8. The van der Waals surface area contributed by atoms with Crippen molar-refractivity contribution in [2.45, 2.75) is 49.6 Å². The number of ether oxygens (including phenoxy) is 3. The molecule has 1 aliphatic carbocycles. The van der Waals surface area contributed by atoms with Gasteiger partial charge < -0.3 is 14.2 Å². The van der Waals surface area contributed by atoms with Crippen molar-refractivity contribution in [1.29, 1.82) is 0 Å². The minimum absolute atomic E-state index is 0.166. The Labute approximate surface area is 149 Å². The van der Waals surface area contributed by atoms with Crippen molar-refractivity contribution in [2.24, 2.45) is 0 Å².